The zero-order chi connectivity index (χ0) is 38.9. The third kappa shape index (κ3) is 10.2. The third-order valence-corrected chi connectivity index (χ3v) is 18.2. The van der Waals surface area contributed by atoms with E-state index in [0.717, 1.165) is 18.7 Å². The Morgan fingerprint density at radius 2 is 0.839 bits per heavy atom. The van der Waals surface area contributed by atoms with E-state index in [1.807, 2.05) is 0 Å². The van der Waals surface area contributed by atoms with E-state index in [4.69, 9.17) is 4.74 Å². The number of unbranched alkanes of at least 4 members (excludes halogenated alkanes) is 7. The molecule has 0 aliphatic heterocycles. The summed E-state index contributed by atoms with van der Waals surface area (Å²) in [4.78, 5) is 2.15. The molecule has 290 valence electrons. The fourth-order valence-electron chi connectivity index (χ4n) is 8.44. The summed E-state index contributed by atoms with van der Waals surface area (Å²) in [6.07, 6.45) is 12.4. The van der Waals surface area contributed by atoms with E-state index in [9.17, 15) is 0 Å². The van der Waals surface area contributed by atoms with Gasteiger partial charge in [0.25, 0.3) is 0 Å². The molecule has 0 saturated carbocycles. The monoisotopic (exact) mass is 759 g/mol. The van der Waals surface area contributed by atoms with Gasteiger partial charge < -0.3 is 9.64 Å². The van der Waals surface area contributed by atoms with Crippen molar-refractivity contribution >= 4 is 33.7 Å². The molecule has 0 aliphatic carbocycles. The standard InChI is InChI=1S/C53H62NOP/c1-54(2)42-43-55-48-40-38-47(39-41-48)53(46-29-17-11-18-30-46)52(45-27-15-10-16-28-45)37-25-8-6-4-5-7-9-26-44-56(3,49-31-19-12-20-32-49,50-33-21-13-22-34-50)51-35-23-14-24-36-51/h10-24,27-36,38-41H,4-9,25-26,37,42-44H2,1-3H3/b53-52-. The van der Waals surface area contributed by atoms with Gasteiger partial charge in [-0.05, 0) is 37.4 Å². The normalized spacial score (nSPS) is 12.8. The van der Waals surface area contributed by atoms with E-state index in [1.165, 1.54) is 101 Å². The van der Waals surface area contributed by atoms with E-state index >= 15 is 0 Å². The Labute approximate surface area is 338 Å². The van der Waals surface area contributed by atoms with Gasteiger partial charge in [-0.1, -0.05) is 72.8 Å². The summed E-state index contributed by atoms with van der Waals surface area (Å²) in [6.45, 7) is 1.54. The molecule has 0 aliphatic rings. The Kier molecular flexibility index (Phi) is 14.9. The summed E-state index contributed by atoms with van der Waals surface area (Å²) >= 11 is 0. The Bertz CT molecular complexity index is 1940. The van der Waals surface area contributed by atoms with Gasteiger partial charge in [-0.3, -0.25) is 0 Å². The molecule has 6 aromatic rings. The number of hydrogen-bond acceptors (Lipinski definition) is 2. The van der Waals surface area contributed by atoms with Gasteiger partial charge in [-0.25, -0.2) is 0 Å². The van der Waals surface area contributed by atoms with E-state index in [0.29, 0.717) is 6.61 Å². The van der Waals surface area contributed by atoms with Crippen LogP contribution < -0.4 is 20.7 Å². The smallest absolute Gasteiger partial charge is 0.0622 e. The third-order valence-electron chi connectivity index (χ3n) is 11.7. The number of likely N-dealkylation sites (N-methyl/N-ethyl adjacent to an activating group) is 1. The Morgan fingerprint density at radius 1 is 0.446 bits per heavy atom. The van der Waals surface area contributed by atoms with Crippen LogP contribution in [0.1, 0.15) is 74.5 Å². The molecule has 0 spiro atoms. The van der Waals surface area contributed by atoms with E-state index in [1.54, 1.807) is 0 Å². The molecule has 6 aromatic carbocycles. The molecule has 0 aromatic heterocycles. The first kappa shape index (κ1) is 40.9. The minimum atomic E-state index is -2.65. The van der Waals surface area contributed by atoms with Gasteiger partial charge in [0.1, 0.15) is 12.4 Å². The fraction of sp³-hybridized carbons (Fsp3) is 0.283. The molecule has 56 heavy (non-hydrogen) atoms. The molecule has 0 bridgehead atoms. The van der Waals surface area contributed by atoms with Crippen molar-refractivity contribution in [2.45, 2.75) is 57.8 Å². The molecule has 6 rings (SSSR count). The van der Waals surface area contributed by atoms with Crippen molar-refractivity contribution in [1.29, 1.82) is 0 Å². The average molecular weight is 760 g/mol. The SMILES string of the molecule is CN(C)CCOc1ccc(/C(=C(/CCCCCCCCCCP(C)(c2ccccc2)(c2ccccc2)c2ccccc2)c2ccccc2)c2ccccc2)cc1. The average Bonchev–Trinajstić information content (AvgIpc) is 3.26. The maximum atomic E-state index is 6.05. The van der Waals surface area contributed by atoms with Crippen LogP contribution in [-0.2, 0) is 0 Å². The zero-order valence-corrected chi connectivity index (χ0v) is 34.9. The summed E-state index contributed by atoms with van der Waals surface area (Å²) in [5.41, 5.74) is 6.57. The van der Waals surface area contributed by atoms with Gasteiger partial charge in [0, 0.05) is 6.54 Å². The minimum Gasteiger partial charge on any atom is -0.0622 e. The van der Waals surface area contributed by atoms with Crippen LogP contribution in [-0.4, -0.2) is 45.0 Å². The molecule has 0 N–H and O–H groups in total. The van der Waals surface area contributed by atoms with Gasteiger partial charge in [0.15, 0.2) is 0 Å². The Hall–Kier alpha value is -4.75. The maximum absolute atomic E-state index is 6.05. The van der Waals surface area contributed by atoms with E-state index in [2.05, 4.69) is 202 Å². The van der Waals surface area contributed by atoms with Crippen LogP contribution in [0.25, 0.3) is 11.1 Å². The molecule has 0 saturated heterocycles. The molecule has 0 amide bonds. The van der Waals surface area contributed by atoms with Crippen molar-refractivity contribution in [3.63, 3.8) is 0 Å². The molecular weight excluding hydrogens is 698 g/mol. The number of rotatable bonds is 21. The topological polar surface area (TPSA) is 12.5 Å². The Morgan fingerprint density at radius 3 is 1.30 bits per heavy atom. The van der Waals surface area contributed by atoms with Crippen molar-refractivity contribution in [1.82, 2.24) is 4.90 Å². The molecule has 0 heterocycles. The van der Waals surface area contributed by atoms with Gasteiger partial charge in [-0.15, -0.1) is 0 Å². The predicted molar refractivity (Wildman–Crippen MR) is 247 cm³/mol. The number of ether oxygens (including phenoxy) is 1. The molecule has 0 atom stereocenters. The summed E-state index contributed by atoms with van der Waals surface area (Å²) in [5.74, 6) is 0.920. The van der Waals surface area contributed by atoms with Crippen LogP contribution in [0.5, 0.6) is 5.75 Å². The van der Waals surface area contributed by atoms with Crippen molar-refractivity contribution in [3.05, 3.63) is 193 Å². The second kappa shape index (κ2) is 20.4. The summed E-state index contributed by atoms with van der Waals surface area (Å²) in [6, 6.07) is 64.9. The number of nitrogens with zero attached hydrogens (tertiary/aromatic N) is 1. The van der Waals surface area contributed by atoms with Crippen molar-refractivity contribution in [2.75, 3.05) is 40.1 Å². The first-order chi connectivity index (χ1) is 27.5. The van der Waals surface area contributed by atoms with Crippen LogP contribution >= 0.6 is 6.60 Å². The van der Waals surface area contributed by atoms with Gasteiger partial charge in [-0.2, -0.15) is 0 Å². The van der Waals surface area contributed by atoms with Gasteiger partial charge in [0.05, 0.1) is 0 Å². The number of benzene rings is 6. The van der Waals surface area contributed by atoms with Crippen LogP contribution in [0.15, 0.2) is 176 Å². The quantitative estimate of drug-likeness (QED) is 0.0412. The van der Waals surface area contributed by atoms with Crippen molar-refractivity contribution < 1.29 is 4.74 Å². The second-order valence-electron chi connectivity index (χ2n) is 15.9. The predicted octanol–water partition coefficient (Wildman–Crippen LogP) is 12.3. The van der Waals surface area contributed by atoms with Crippen LogP contribution in [0.4, 0.5) is 0 Å². The zero-order valence-electron chi connectivity index (χ0n) is 34.0. The molecule has 0 fully saturated rings. The molecular formula is C53H62NOP. The fourth-order valence-corrected chi connectivity index (χ4v) is 14.1. The van der Waals surface area contributed by atoms with Crippen LogP contribution in [0, 0.1) is 0 Å². The summed E-state index contributed by atoms with van der Waals surface area (Å²) in [7, 11) is 4.15. The number of hydrogen-bond donors (Lipinski definition) is 0. The minimum absolute atomic E-state index is 0.681. The van der Waals surface area contributed by atoms with Crippen molar-refractivity contribution in [3.8, 4) is 5.75 Å². The van der Waals surface area contributed by atoms with Gasteiger partial charge in [0.2, 0.25) is 0 Å². The second-order valence-corrected chi connectivity index (χ2v) is 21.5. The van der Waals surface area contributed by atoms with Crippen LogP contribution in [0.2, 0.25) is 0 Å². The van der Waals surface area contributed by atoms with Crippen LogP contribution in [0.3, 0.4) is 0 Å². The number of allylic oxidation sites excluding steroid dienone is 1. The summed E-state index contributed by atoms with van der Waals surface area (Å²) < 4.78 is 6.05. The molecule has 0 radical (unpaired) electrons. The summed E-state index contributed by atoms with van der Waals surface area (Å²) in [5, 5.41) is 4.49. The molecule has 2 nitrogen and oxygen atoms in total. The Balaban J connectivity index is 1.08. The van der Waals surface area contributed by atoms with Crippen molar-refractivity contribution in [2.24, 2.45) is 0 Å². The first-order valence-corrected chi connectivity index (χ1v) is 23.7. The molecule has 0 unspecified atom stereocenters. The molecule has 3 heteroatoms. The van der Waals surface area contributed by atoms with Gasteiger partial charge >= 0.3 is 201 Å². The first-order valence-electron chi connectivity index (χ1n) is 20.9. The van der Waals surface area contributed by atoms with E-state index in [-0.39, 0.29) is 0 Å². The van der Waals surface area contributed by atoms with E-state index < -0.39 is 6.60 Å².